The largest absolute Gasteiger partial charge is 0.455 e. The van der Waals surface area contributed by atoms with Gasteiger partial charge in [0.1, 0.15) is 61.5 Å². The van der Waals surface area contributed by atoms with Crippen LogP contribution in [0.25, 0.3) is 11.1 Å². The summed E-state index contributed by atoms with van der Waals surface area (Å²) in [5.74, 6) is -11.3. The Hall–Kier alpha value is -10.0. The zero-order chi connectivity index (χ0) is 76.0. The van der Waals surface area contributed by atoms with Crippen LogP contribution in [0.4, 0.5) is 18.0 Å². The van der Waals surface area contributed by atoms with Gasteiger partial charge >= 0.3 is 18.2 Å². The number of carbonyl (C=O) groups excluding carboxylic acids is 11. The Morgan fingerprint density at radius 3 is 1.36 bits per heavy atom. The summed E-state index contributed by atoms with van der Waals surface area (Å²) in [6.45, 7) is 14.0. The predicted molar refractivity (Wildman–Crippen MR) is 373 cm³/mol. The molecule has 34 heteroatoms. The van der Waals surface area contributed by atoms with Crippen LogP contribution in [0.2, 0.25) is 0 Å². The Morgan fingerprint density at radius 1 is 0.510 bits per heavy atom. The first-order valence-corrected chi connectivity index (χ1v) is 34.1. The number of ether oxygens (including phenoxy) is 2. The zero-order valence-electron chi connectivity index (χ0n) is 59.6. The summed E-state index contributed by atoms with van der Waals surface area (Å²) in [5.41, 5.74) is 26.6. The average molecular weight is 1440 g/mol. The third kappa shape index (κ3) is 30.0. The van der Waals surface area contributed by atoms with E-state index in [1.54, 1.807) is 41.5 Å². The first kappa shape index (κ1) is 84.4. The molecule has 0 unspecified atom stereocenters. The van der Waals surface area contributed by atoms with E-state index in [9.17, 15) is 65.9 Å². The molecule has 0 fully saturated rings. The van der Waals surface area contributed by atoms with E-state index < -0.39 is 145 Å². The maximum absolute atomic E-state index is 14.6. The number of guanidine groups is 2. The van der Waals surface area contributed by atoms with Crippen molar-refractivity contribution in [2.45, 2.75) is 187 Å². The molecule has 564 valence electrons. The first-order valence-electron chi connectivity index (χ1n) is 34.1. The van der Waals surface area contributed by atoms with Crippen LogP contribution in [0, 0.1) is 29.6 Å². The van der Waals surface area contributed by atoms with Gasteiger partial charge < -0.3 is 90.6 Å². The highest BCUT2D eigenvalue weighted by Crippen LogP contribution is 2.44. The van der Waals surface area contributed by atoms with E-state index in [4.69, 9.17) is 27.7 Å². The SMILES string of the molecule is CC(C)C[C@H](NC(=O)OCC1c2ccccc2-c2ccccc21)C(=O)N[C@@H](Cc1cnc[nH]1)C(=O)N[C@@H](CC(C)C)C(=O)N[C@H](C(=O)N[C@@H](CC(C)C)C(=O)N[C@@H](CCCN=C(N)N)C(=O)N[C@@H](CC(C)C)C(=O)N[C@@H](CCCN=C(N)N)C(=O)NCC(=O)NCC(=O)OCC(F)(F)F)C(C)C. The second-order valence-corrected chi connectivity index (χ2v) is 27.1. The maximum atomic E-state index is 14.6. The van der Waals surface area contributed by atoms with Crippen LogP contribution < -0.4 is 76.1 Å². The van der Waals surface area contributed by atoms with Gasteiger partial charge in [0.25, 0.3) is 0 Å². The summed E-state index contributed by atoms with van der Waals surface area (Å²) >= 11 is 0. The predicted octanol–water partition coefficient (Wildman–Crippen LogP) is 1.54. The highest BCUT2D eigenvalue weighted by Gasteiger charge is 2.38. The summed E-state index contributed by atoms with van der Waals surface area (Å²) in [7, 11) is 0. The number of aromatic nitrogens is 2. The van der Waals surface area contributed by atoms with Gasteiger partial charge in [0.2, 0.25) is 53.2 Å². The Balaban J connectivity index is 1.53. The van der Waals surface area contributed by atoms with Crippen LogP contribution in [0.3, 0.4) is 0 Å². The molecule has 1 aliphatic rings. The normalized spacial score (nSPS) is 14.2. The number of nitrogens with zero attached hydrogens (tertiary/aromatic N) is 3. The Morgan fingerprint density at radius 2 is 0.922 bits per heavy atom. The van der Waals surface area contributed by atoms with Crippen LogP contribution in [-0.2, 0) is 63.8 Å². The van der Waals surface area contributed by atoms with Gasteiger partial charge in [-0.25, -0.2) is 9.78 Å². The second kappa shape index (κ2) is 41.6. The number of carbonyl (C=O) groups is 11. The van der Waals surface area contributed by atoms with Crippen LogP contribution in [0.15, 0.2) is 71.0 Å². The van der Waals surface area contributed by atoms with Crippen molar-refractivity contribution in [2.75, 3.05) is 39.4 Å². The van der Waals surface area contributed by atoms with E-state index >= 15 is 0 Å². The van der Waals surface area contributed by atoms with Crippen molar-refractivity contribution >= 4 is 77.1 Å². The number of esters is 1. The number of aliphatic imine (C=N–C) groups is 2. The number of halogens is 3. The lowest BCUT2D eigenvalue weighted by atomic mass is 9.97. The van der Waals surface area contributed by atoms with Gasteiger partial charge in [0.15, 0.2) is 18.5 Å². The molecular weight excluding hydrogens is 1330 g/mol. The number of alkyl halides is 3. The quantitative estimate of drug-likeness (QED) is 0.0166. The standard InChI is InChI=1S/C68H103F3N18O13/c1-36(2)25-49(59(94)82-47(21-15-23-77-65(72)73)57(92)80-31-54(90)79-32-55(91)102-34-68(69,70)71)84-58(93)48(22-16-24-78-66(74)75)83-60(95)50(26-37(3)4)87-64(99)56(40(9)10)89-63(98)51(27-38(5)6)85-62(97)53(29-41-30-76-35-81-41)86-61(96)52(28-39(7)8)88-67(100)101-33-46-44-19-13-11-17-42(44)43-18-12-14-20-45(43)46/h11-14,17-20,30,35-40,46-53,56H,15-16,21-29,31-34H2,1-10H3,(H,76,81)(H,79,90)(H,80,92)(H,82,94)(H,83,95)(H,84,93)(H,85,97)(H,86,96)(H,87,99)(H,88,100)(H,89,98)(H4,72,73,77)(H4,74,75,78)/t47-,48-,49-,50-,51-,52-,53-,56-/m0/s1. The van der Waals surface area contributed by atoms with Gasteiger partial charge in [0.05, 0.1) is 12.9 Å². The summed E-state index contributed by atoms with van der Waals surface area (Å²) in [6.07, 6.45) is -2.78. The molecule has 1 aromatic heterocycles. The first-order chi connectivity index (χ1) is 48.0. The highest BCUT2D eigenvalue weighted by atomic mass is 19.4. The summed E-state index contributed by atoms with van der Waals surface area (Å²) < 4.78 is 47.4. The van der Waals surface area contributed by atoms with Crippen molar-refractivity contribution in [1.29, 1.82) is 0 Å². The van der Waals surface area contributed by atoms with E-state index in [-0.39, 0.29) is 119 Å². The number of hydrogen-bond donors (Lipinski definition) is 15. The molecule has 19 N–H and O–H groups in total. The van der Waals surface area contributed by atoms with E-state index in [0.29, 0.717) is 5.69 Å². The van der Waals surface area contributed by atoms with Crippen LogP contribution in [0.1, 0.15) is 143 Å². The lowest BCUT2D eigenvalue weighted by Gasteiger charge is -2.30. The van der Waals surface area contributed by atoms with E-state index in [1.807, 2.05) is 81.5 Å². The topological polar surface area (TPSA) is 484 Å². The third-order valence-electron chi connectivity index (χ3n) is 15.9. The number of imidazole rings is 1. The van der Waals surface area contributed by atoms with Crippen LogP contribution in [-0.4, -0.2) is 181 Å². The molecule has 0 aliphatic heterocycles. The molecular formula is C68H103F3N18O13. The molecule has 0 saturated carbocycles. The number of rotatable bonds is 42. The second-order valence-electron chi connectivity index (χ2n) is 27.1. The third-order valence-corrected chi connectivity index (χ3v) is 15.9. The van der Waals surface area contributed by atoms with E-state index in [0.717, 1.165) is 22.3 Å². The number of benzene rings is 2. The molecule has 2 aromatic carbocycles. The summed E-state index contributed by atoms with van der Waals surface area (Å²) in [6, 6.07) is 5.00. The van der Waals surface area contributed by atoms with Gasteiger partial charge in [-0.05, 0) is 103 Å². The summed E-state index contributed by atoms with van der Waals surface area (Å²) in [4.78, 5) is 168. The van der Waals surface area contributed by atoms with Gasteiger partial charge in [-0.2, -0.15) is 13.2 Å². The fourth-order valence-electron chi connectivity index (χ4n) is 11.1. The lowest BCUT2D eigenvalue weighted by molar-refractivity contribution is -0.185. The van der Waals surface area contributed by atoms with Crippen molar-refractivity contribution in [3.8, 4) is 11.1 Å². The molecule has 0 radical (unpaired) electrons. The number of aromatic amines is 1. The van der Waals surface area contributed by atoms with Crippen molar-refractivity contribution in [1.82, 2.24) is 63.1 Å². The lowest BCUT2D eigenvalue weighted by Crippen LogP contribution is -2.61. The van der Waals surface area contributed by atoms with Gasteiger partial charge in [-0.1, -0.05) is 118 Å². The van der Waals surface area contributed by atoms with Gasteiger partial charge in [0, 0.05) is 37.3 Å². The van der Waals surface area contributed by atoms with Crippen LogP contribution >= 0.6 is 0 Å². The minimum absolute atomic E-state index is 0.00358. The number of amides is 10. The smallest absolute Gasteiger partial charge is 0.422 e. The Labute approximate surface area is 591 Å². The average Bonchev–Trinajstić information content (AvgIpc) is 1.62. The van der Waals surface area contributed by atoms with Crippen molar-refractivity contribution in [2.24, 2.45) is 62.5 Å². The molecule has 31 nitrogen and oxygen atoms in total. The highest BCUT2D eigenvalue weighted by molar-refractivity contribution is 5.99. The molecule has 0 bridgehead atoms. The Kier molecular flexibility index (Phi) is 34.4. The number of alkyl carbamates (subject to hydrolysis) is 1. The number of nitrogens with one attached hydrogen (secondary N) is 11. The molecule has 0 saturated heterocycles. The fraction of sp³-hybridized carbons (Fsp3) is 0.588. The maximum Gasteiger partial charge on any atom is 0.422 e. The Bertz CT molecular complexity index is 3310. The molecule has 3 aromatic rings. The van der Waals surface area contributed by atoms with Gasteiger partial charge in [-0.15, -0.1) is 0 Å². The van der Waals surface area contributed by atoms with Crippen LogP contribution in [0.5, 0.6) is 0 Å². The molecule has 0 spiro atoms. The van der Waals surface area contributed by atoms with Crippen molar-refractivity contribution in [3.05, 3.63) is 77.9 Å². The molecule has 8 atom stereocenters. The number of hydrogen-bond acceptors (Lipinski definition) is 16. The number of fused-ring (bicyclic) bond motifs is 3. The minimum Gasteiger partial charge on any atom is -0.455 e. The van der Waals surface area contributed by atoms with E-state index in [2.05, 4.69) is 72.5 Å². The van der Waals surface area contributed by atoms with Crippen molar-refractivity contribution < 1.29 is 75.4 Å². The number of H-pyrrole nitrogens is 1. The summed E-state index contributed by atoms with van der Waals surface area (Å²) in [5, 5.41) is 26.1. The molecule has 102 heavy (non-hydrogen) atoms. The zero-order valence-corrected chi connectivity index (χ0v) is 59.6. The molecule has 10 amide bonds. The molecule has 1 aliphatic carbocycles. The molecule has 4 rings (SSSR count). The minimum atomic E-state index is -4.81. The molecule has 1 heterocycles. The van der Waals surface area contributed by atoms with Gasteiger partial charge in [-0.3, -0.25) is 57.9 Å². The number of nitrogens with two attached hydrogens (primary N) is 4. The fourth-order valence-corrected chi connectivity index (χ4v) is 11.1. The van der Waals surface area contributed by atoms with E-state index in [1.165, 1.54) is 12.5 Å². The monoisotopic (exact) mass is 1440 g/mol. The van der Waals surface area contributed by atoms with Crippen molar-refractivity contribution in [3.63, 3.8) is 0 Å².